The summed E-state index contributed by atoms with van der Waals surface area (Å²) in [4.78, 5) is 11.2. The number of thioether (sulfide) groups is 1. The largest absolute Gasteiger partial charge is 0.356 e. The summed E-state index contributed by atoms with van der Waals surface area (Å²) in [6.07, 6.45) is 0. The van der Waals surface area contributed by atoms with Crippen LogP contribution in [0.3, 0.4) is 0 Å². The molecule has 0 saturated heterocycles. The average molecular weight is 278 g/mol. The first-order valence-electron chi connectivity index (χ1n) is 4.92. The molecule has 0 aromatic heterocycles. The maximum absolute atomic E-state index is 11.2. The molecule has 5 heteroatoms. The molecular weight excluding hydrogens is 265 g/mol. The highest BCUT2D eigenvalue weighted by Gasteiger charge is 2.03. The van der Waals surface area contributed by atoms with E-state index in [0.717, 1.165) is 5.56 Å². The van der Waals surface area contributed by atoms with E-state index in [4.69, 9.17) is 23.2 Å². The Morgan fingerprint density at radius 3 is 2.81 bits per heavy atom. The topological polar surface area (TPSA) is 29.1 Å². The van der Waals surface area contributed by atoms with Crippen molar-refractivity contribution in [2.45, 2.75) is 12.7 Å². The van der Waals surface area contributed by atoms with Gasteiger partial charge in [0.05, 0.1) is 5.75 Å². The molecule has 88 valence electrons. The molecule has 2 nitrogen and oxygen atoms in total. The van der Waals surface area contributed by atoms with Crippen molar-refractivity contribution in [3.8, 4) is 0 Å². The molecule has 0 fully saturated rings. The molecule has 0 aliphatic carbocycles. The average Bonchev–Trinajstić information content (AvgIpc) is 2.22. The summed E-state index contributed by atoms with van der Waals surface area (Å²) in [5, 5.41) is 4.02. The van der Waals surface area contributed by atoms with Gasteiger partial charge in [-0.15, -0.1) is 11.8 Å². The van der Waals surface area contributed by atoms with Crippen molar-refractivity contribution in [3.05, 3.63) is 33.8 Å². The van der Waals surface area contributed by atoms with Gasteiger partial charge in [0.1, 0.15) is 0 Å². The summed E-state index contributed by atoms with van der Waals surface area (Å²) < 4.78 is 0. The number of carbonyl (C=O) groups is 1. The van der Waals surface area contributed by atoms with Gasteiger partial charge in [-0.2, -0.15) is 0 Å². The second-order valence-electron chi connectivity index (χ2n) is 3.18. The van der Waals surface area contributed by atoms with E-state index in [0.29, 0.717) is 28.1 Å². The van der Waals surface area contributed by atoms with Crippen molar-refractivity contribution in [1.82, 2.24) is 5.32 Å². The molecule has 0 unspecified atom stereocenters. The summed E-state index contributed by atoms with van der Waals surface area (Å²) >= 11 is 13.3. The van der Waals surface area contributed by atoms with Crippen molar-refractivity contribution < 1.29 is 4.79 Å². The van der Waals surface area contributed by atoms with Crippen LogP contribution in [0.25, 0.3) is 0 Å². The minimum absolute atomic E-state index is 0.0533. The summed E-state index contributed by atoms with van der Waals surface area (Å²) in [5.74, 6) is 1.22. The molecule has 0 spiro atoms. The van der Waals surface area contributed by atoms with E-state index in [9.17, 15) is 4.79 Å². The van der Waals surface area contributed by atoms with Crippen molar-refractivity contribution in [2.24, 2.45) is 0 Å². The quantitative estimate of drug-likeness (QED) is 0.894. The fraction of sp³-hybridized carbons (Fsp3) is 0.364. The van der Waals surface area contributed by atoms with E-state index >= 15 is 0 Å². The molecule has 1 aromatic rings. The minimum Gasteiger partial charge on any atom is -0.356 e. The molecule has 1 aromatic carbocycles. The Morgan fingerprint density at radius 1 is 1.44 bits per heavy atom. The number of rotatable bonds is 5. The first-order valence-corrected chi connectivity index (χ1v) is 6.83. The zero-order valence-corrected chi connectivity index (χ0v) is 11.3. The van der Waals surface area contributed by atoms with Crippen molar-refractivity contribution in [2.75, 3.05) is 12.3 Å². The van der Waals surface area contributed by atoms with Crippen LogP contribution in [0.1, 0.15) is 12.5 Å². The minimum atomic E-state index is 0.0533. The molecule has 1 amide bonds. The van der Waals surface area contributed by atoms with E-state index in [1.807, 2.05) is 13.0 Å². The number of hydrogen-bond acceptors (Lipinski definition) is 2. The number of amides is 1. The van der Waals surface area contributed by atoms with Crippen LogP contribution in [0.4, 0.5) is 0 Å². The summed E-state index contributed by atoms with van der Waals surface area (Å²) in [7, 11) is 0. The van der Waals surface area contributed by atoms with Gasteiger partial charge in [-0.1, -0.05) is 29.3 Å². The van der Waals surface area contributed by atoms with E-state index in [-0.39, 0.29) is 5.91 Å². The normalized spacial score (nSPS) is 10.2. The third kappa shape index (κ3) is 4.64. The maximum atomic E-state index is 11.2. The molecule has 0 atom stereocenters. The van der Waals surface area contributed by atoms with E-state index in [1.165, 1.54) is 11.8 Å². The standard InChI is InChI=1S/C11H13Cl2NOS/c1-2-14-11(15)7-16-6-8-3-4-9(12)5-10(8)13/h3-5H,2,6-7H2,1H3,(H,14,15). The molecule has 0 radical (unpaired) electrons. The lowest BCUT2D eigenvalue weighted by molar-refractivity contribution is -0.118. The lowest BCUT2D eigenvalue weighted by Crippen LogP contribution is -2.24. The number of benzene rings is 1. The second-order valence-corrected chi connectivity index (χ2v) is 5.01. The molecular formula is C11H13Cl2NOS. The summed E-state index contributed by atoms with van der Waals surface area (Å²) in [6, 6.07) is 5.40. The van der Waals surface area contributed by atoms with Gasteiger partial charge in [0.15, 0.2) is 0 Å². The van der Waals surface area contributed by atoms with Crippen LogP contribution in [0.15, 0.2) is 18.2 Å². The van der Waals surface area contributed by atoms with Crippen LogP contribution >= 0.6 is 35.0 Å². The van der Waals surface area contributed by atoms with Crippen LogP contribution in [0.2, 0.25) is 10.0 Å². The van der Waals surface area contributed by atoms with Gasteiger partial charge < -0.3 is 5.32 Å². The Bertz CT molecular complexity index is 371. The highest BCUT2D eigenvalue weighted by atomic mass is 35.5. The van der Waals surface area contributed by atoms with Gasteiger partial charge in [-0.05, 0) is 24.6 Å². The van der Waals surface area contributed by atoms with E-state index in [1.54, 1.807) is 12.1 Å². The zero-order chi connectivity index (χ0) is 12.0. The van der Waals surface area contributed by atoms with E-state index < -0.39 is 0 Å². The Morgan fingerprint density at radius 2 is 2.19 bits per heavy atom. The predicted octanol–water partition coefficient (Wildman–Crippen LogP) is 3.36. The van der Waals surface area contributed by atoms with Crippen LogP contribution in [0.5, 0.6) is 0 Å². The summed E-state index contributed by atoms with van der Waals surface area (Å²) in [5.41, 5.74) is 1.00. The number of carbonyl (C=O) groups excluding carboxylic acids is 1. The number of halogens is 2. The summed E-state index contributed by atoms with van der Waals surface area (Å²) in [6.45, 7) is 2.57. The highest BCUT2D eigenvalue weighted by Crippen LogP contribution is 2.24. The molecule has 1 rings (SSSR count). The molecule has 0 heterocycles. The molecule has 0 saturated carbocycles. The van der Waals surface area contributed by atoms with Gasteiger partial charge in [-0.3, -0.25) is 4.79 Å². The van der Waals surface area contributed by atoms with Crippen LogP contribution < -0.4 is 5.32 Å². The number of hydrogen-bond donors (Lipinski definition) is 1. The van der Waals surface area contributed by atoms with Gasteiger partial charge in [-0.25, -0.2) is 0 Å². The zero-order valence-electron chi connectivity index (χ0n) is 8.93. The molecule has 0 aliphatic rings. The lowest BCUT2D eigenvalue weighted by atomic mass is 10.2. The van der Waals surface area contributed by atoms with Crippen molar-refractivity contribution >= 4 is 40.9 Å². The third-order valence-corrected chi connectivity index (χ3v) is 3.45. The van der Waals surface area contributed by atoms with Crippen molar-refractivity contribution in [3.63, 3.8) is 0 Å². The SMILES string of the molecule is CCNC(=O)CSCc1ccc(Cl)cc1Cl. The van der Waals surface area contributed by atoms with Gasteiger partial charge in [0.2, 0.25) is 5.91 Å². The predicted molar refractivity (Wildman–Crippen MR) is 71.3 cm³/mol. The van der Waals surface area contributed by atoms with Gasteiger partial charge in [0.25, 0.3) is 0 Å². The van der Waals surface area contributed by atoms with Crippen molar-refractivity contribution in [1.29, 1.82) is 0 Å². The monoisotopic (exact) mass is 277 g/mol. The molecule has 16 heavy (non-hydrogen) atoms. The first-order chi connectivity index (χ1) is 7.63. The van der Waals surface area contributed by atoms with Crippen LogP contribution in [0, 0.1) is 0 Å². The fourth-order valence-corrected chi connectivity index (χ4v) is 2.56. The van der Waals surface area contributed by atoms with Gasteiger partial charge >= 0.3 is 0 Å². The molecule has 1 N–H and O–H groups in total. The van der Waals surface area contributed by atoms with E-state index in [2.05, 4.69) is 5.32 Å². The van der Waals surface area contributed by atoms with Gasteiger partial charge in [0, 0.05) is 22.3 Å². The Balaban J connectivity index is 2.40. The Kier molecular flexibility index (Phi) is 6.03. The maximum Gasteiger partial charge on any atom is 0.229 e. The number of nitrogens with one attached hydrogen (secondary N) is 1. The Hall–Kier alpha value is -0.380. The van der Waals surface area contributed by atoms with Crippen LogP contribution in [-0.2, 0) is 10.5 Å². The first kappa shape index (κ1) is 13.7. The third-order valence-electron chi connectivity index (χ3n) is 1.88. The Labute approximate surface area is 110 Å². The fourth-order valence-electron chi connectivity index (χ4n) is 1.14. The molecule has 0 bridgehead atoms. The highest BCUT2D eigenvalue weighted by molar-refractivity contribution is 7.99. The second kappa shape index (κ2) is 7.05. The lowest BCUT2D eigenvalue weighted by Gasteiger charge is -2.05. The smallest absolute Gasteiger partial charge is 0.229 e. The molecule has 0 aliphatic heterocycles. The van der Waals surface area contributed by atoms with Crippen LogP contribution in [-0.4, -0.2) is 18.2 Å².